The van der Waals surface area contributed by atoms with Crippen molar-refractivity contribution in [3.63, 3.8) is 0 Å². The molecule has 0 aliphatic carbocycles. The largest absolute Gasteiger partial charge is 0.497 e. The van der Waals surface area contributed by atoms with Crippen LogP contribution in [0.1, 0.15) is 35.8 Å². The van der Waals surface area contributed by atoms with Crippen molar-refractivity contribution in [2.75, 3.05) is 20.8 Å². The Morgan fingerprint density at radius 3 is 2.92 bits per heavy atom. The van der Waals surface area contributed by atoms with Crippen molar-refractivity contribution >= 4 is 15.9 Å². The Kier molecular flexibility index (Phi) is 5.58. The van der Waals surface area contributed by atoms with Crippen molar-refractivity contribution in [1.82, 2.24) is 14.7 Å². The summed E-state index contributed by atoms with van der Waals surface area (Å²) in [6.07, 6.45) is 3.57. The number of benzene rings is 1. The third kappa shape index (κ3) is 3.66. The van der Waals surface area contributed by atoms with E-state index in [4.69, 9.17) is 9.84 Å². The van der Waals surface area contributed by atoms with E-state index in [1.165, 1.54) is 18.5 Å². The molecular formula is C18H24BrN3O2. The highest BCUT2D eigenvalue weighted by Crippen LogP contribution is 2.31. The van der Waals surface area contributed by atoms with Gasteiger partial charge in [0.2, 0.25) is 0 Å². The predicted octanol–water partition coefficient (Wildman–Crippen LogP) is 3.16. The zero-order valence-corrected chi connectivity index (χ0v) is 15.8. The Morgan fingerprint density at radius 2 is 2.21 bits per heavy atom. The number of halogens is 1. The summed E-state index contributed by atoms with van der Waals surface area (Å²) in [6.45, 7) is 1.76. The highest BCUT2D eigenvalue weighted by atomic mass is 79.9. The topological polar surface area (TPSA) is 50.5 Å². The molecular weight excluding hydrogens is 370 g/mol. The van der Waals surface area contributed by atoms with Gasteiger partial charge >= 0.3 is 0 Å². The Morgan fingerprint density at radius 1 is 1.38 bits per heavy atom. The molecule has 0 saturated heterocycles. The highest BCUT2D eigenvalue weighted by Gasteiger charge is 2.21. The maximum atomic E-state index is 9.95. The quantitative estimate of drug-likeness (QED) is 0.818. The van der Waals surface area contributed by atoms with E-state index < -0.39 is 0 Å². The normalized spacial score (nSPS) is 15.4. The molecule has 5 nitrogen and oxygen atoms in total. The molecule has 0 radical (unpaired) electrons. The van der Waals surface area contributed by atoms with Crippen LogP contribution in [0.25, 0.3) is 0 Å². The minimum atomic E-state index is -0.117. The summed E-state index contributed by atoms with van der Waals surface area (Å²) >= 11 is 3.59. The fourth-order valence-corrected chi connectivity index (χ4v) is 3.81. The van der Waals surface area contributed by atoms with Crippen LogP contribution in [0.5, 0.6) is 5.75 Å². The molecule has 0 spiro atoms. The van der Waals surface area contributed by atoms with E-state index in [2.05, 4.69) is 31.6 Å². The Labute approximate surface area is 151 Å². The van der Waals surface area contributed by atoms with Crippen LogP contribution in [0.2, 0.25) is 0 Å². The molecule has 6 heteroatoms. The van der Waals surface area contributed by atoms with E-state index in [9.17, 15) is 5.11 Å². The third-order valence-electron chi connectivity index (χ3n) is 4.65. The maximum Gasteiger partial charge on any atom is 0.119 e. The van der Waals surface area contributed by atoms with Gasteiger partial charge in [0.25, 0.3) is 0 Å². The molecule has 1 N–H and O–H groups in total. The monoisotopic (exact) mass is 393 g/mol. The number of aliphatic hydroxyl groups is 1. The number of fused-ring (bicyclic) bond motifs is 1. The van der Waals surface area contributed by atoms with E-state index in [0.29, 0.717) is 6.54 Å². The van der Waals surface area contributed by atoms with Crippen LogP contribution in [0.4, 0.5) is 0 Å². The number of likely N-dealkylation sites (N-methyl/N-ethyl adjacent to an activating group) is 1. The van der Waals surface area contributed by atoms with Crippen LogP contribution < -0.4 is 4.74 Å². The SMILES string of the molecule is COc1ccc(Br)c(C(CO)N(C)Cc2cc3n(n2)CCCC3)c1. The molecule has 1 unspecified atom stereocenters. The summed E-state index contributed by atoms with van der Waals surface area (Å²) < 4.78 is 8.42. The van der Waals surface area contributed by atoms with Crippen LogP contribution in [0.3, 0.4) is 0 Å². The molecule has 3 rings (SSSR count). The van der Waals surface area contributed by atoms with Gasteiger partial charge in [-0.15, -0.1) is 0 Å². The summed E-state index contributed by atoms with van der Waals surface area (Å²) in [6, 6.07) is 7.92. The molecule has 0 saturated carbocycles. The van der Waals surface area contributed by atoms with Gasteiger partial charge in [0.05, 0.1) is 25.5 Å². The van der Waals surface area contributed by atoms with Gasteiger partial charge in [0.1, 0.15) is 5.75 Å². The van der Waals surface area contributed by atoms with Gasteiger partial charge in [-0.3, -0.25) is 9.58 Å². The Balaban J connectivity index is 1.79. The Hall–Kier alpha value is -1.37. The smallest absolute Gasteiger partial charge is 0.119 e. The zero-order chi connectivity index (χ0) is 17.1. The second-order valence-electron chi connectivity index (χ2n) is 6.31. The van der Waals surface area contributed by atoms with Gasteiger partial charge < -0.3 is 9.84 Å². The number of hydrogen-bond acceptors (Lipinski definition) is 4. The summed E-state index contributed by atoms with van der Waals surface area (Å²) in [4.78, 5) is 2.13. The summed E-state index contributed by atoms with van der Waals surface area (Å²) in [7, 11) is 3.67. The zero-order valence-electron chi connectivity index (χ0n) is 14.2. The van der Waals surface area contributed by atoms with Crippen LogP contribution >= 0.6 is 15.9 Å². The summed E-state index contributed by atoms with van der Waals surface area (Å²) in [5, 5.41) is 14.7. The van der Waals surface area contributed by atoms with Gasteiger partial charge in [0.15, 0.2) is 0 Å². The first kappa shape index (κ1) is 17.5. The van der Waals surface area contributed by atoms with E-state index in [1.807, 2.05) is 25.2 Å². The fourth-order valence-electron chi connectivity index (χ4n) is 3.30. The average molecular weight is 394 g/mol. The number of nitrogens with zero attached hydrogens (tertiary/aromatic N) is 3. The molecule has 0 amide bonds. The fraction of sp³-hybridized carbons (Fsp3) is 0.500. The van der Waals surface area contributed by atoms with E-state index >= 15 is 0 Å². The maximum absolute atomic E-state index is 9.95. The van der Waals surface area contributed by atoms with Gasteiger partial charge in [0, 0.05) is 23.3 Å². The number of methoxy groups -OCH3 is 1. The van der Waals surface area contributed by atoms with Crippen LogP contribution in [-0.4, -0.2) is 40.6 Å². The number of ether oxygens (including phenoxy) is 1. The summed E-state index contributed by atoms with van der Waals surface area (Å²) in [5.41, 5.74) is 3.41. The molecule has 0 fully saturated rings. The molecule has 2 aromatic rings. The molecule has 2 heterocycles. The lowest BCUT2D eigenvalue weighted by Crippen LogP contribution is -2.27. The van der Waals surface area contributed by atoms with E-state index in [1.54, 1.807) is 7.11 Å². The average Bonchev–Trinajstić information content (AvgIpc) is 2.99. The number of aliphatic hydroxyl groups excluding tert-OH is 1. The second-order valence-corrected chi connectivity index (χ2v) is 7.16. The van der Waals surface area contributed by atoms with Gasteiger partial charge in [-0.25, -0.2) is 0 Å². The first-order valence-corrected chi connectivity index (χ1v) is 9.12. The molecule has 1 atom stereocenters. The minimum Gasteiger partial charge on any atom is -0.497 e. The second kappa shape index (κ2) is 7.68. The highest BCUT2D eigenvalue weighted by molar-refractivity contribution is 9.10. The van der Waals surface area contributed by atoms with Gasteiger partial charge in [-0.05, 0) is 56.1 Å². The van der Waals surface area contributed by atoms with Crippen LogP contribution in [-0.2, 0) is 19.5 Å². The van der Waals surface area contributed by atoms with Crippen LogP contribution in [0.15, 0.2) is 28.7 Å². The number of aryl methyl sites for hydroxylation is 2. The Bertz CT molecular complexity index is 678. The molecule has 1 aromatic heterocycles. The van der Waals surface area contributed by atoms with Crippen molar-refractivity contribution in [2.45, 2.75) is 38.4 Å². The molecule has 0 bridgehead atoms. The van der Waals surface area contributed by atoms with Crippen molar-refractivity contribution in [3.8, 4) is 5.75 Å². The van der Waals surface area contributed by atoms with Gasteiger partial charge in [-0.1, -0.05) is 15.9 Å². The van der Waals surface area contributed by atoms with Crippen molar-refractivity contribution in [2.24, 2.45) is 0 Å². The molecule has 24 heavy (non-hydrogen) atoms. The van der Waals surface area contributed by atoms with Crippen molar-refractivity contribution in [1.29, 1.82) is 0 Å². The lowest BCUT2D eigenvalue weighted by atomic mass is 10.1. The molecule has 1 aliphatic heterocycles. The van der Waals surface area contributed by atoms with Crippen molar-refractivity contribution in [3.05, 3.63) is 45.7 Å². The number of aromatic nitrogens is 2. The lowest BCUT2D eigenvalue weighted by molar-refractivity contribution is 0.140. The number of rotatable bonds is 6. The molecule has 1 aromatic carbocycles. The van der Waals surface area contributed by atoms with E-state index in [0.717, 1.165) is 34.4 Å². The molecule has 130 valence electrons. The first-order valence-electron chi connectivity index (χ1n) is 8.32. The third-order valence-corrected chi connectivity index (χ3v) is 5.37. The lowest BCUT2D eigenvalue weighted by Gasteiger charge is -2.27. The predicted molar refractivity (Wildman–Crippen MR) is 97.2 cm³/mol. The van der Waals surface area contributed by atoms with Crippen LogP contribution in [0, 0.1) is 0 Å². The number of hydrogen-bond donors (Lipinski definition) is 1. The van der Waals surface area contributed by atoms with E-state index in [-0.39, 0.29) is 12.6 Å². The van der Waals surface area contributed by atoms with Gasteiger partial charge in [-0.2, -0.15) is 5.10 Å². The molecule has 1 aliphatic rings. The minimum absolute atomic E-state index is 0.0375. The standard InChI is InChI=1S/C18H24BrN3O2/c1-21(11-13-9-14-5-3-4-8-22(14)20-13)18(12-23)16-10-15(24-2)6-7-17(16)19/h6-7,9-10,18,23H,3-5,8,11-12H2,1-2H3. The first-order chi connectivity index (χ1) is 11.6. The summed E-state index contributed by atoms with van der Waals surface area (Å²) in [5.74, 6) is 0.789. The van der Waals surface area contributed by atoms with Crippen molar-refractivity contribution < 1.29 is 9.84 Å².